The van der Waals surface area contributed by atoms with Crippen molar-refractivity contribution < 1.29 is 4.74 Å². The first-order valence-electron chi connectivity index (χ1n) is 5.83. The van der Waals surface area contributed by atoms with Gasteiger partial charge in [0.2, 0.25) is 0 Å². The van der Waals surface area contributed by atoms with Crippen LogP contribution in [0.25, 0.3) is 0 Å². The Labute approximate surface area is 88.6 Å². The topological polar surface area (TPSA) is 12.5 Å². The summed E-state index contributed by atoms with van der Waals surface area (Å²) in [5, 5.41) is 0. The van der Waals surface area contributed by atoms with E-state index in [0.717, 1.165) is 19.7 Å². The molecule has 0 radical (unpaired) electrons. The summed E-state index contributed by atoms with van der Waals surface area (Å²) < 4.78 is 5.87. The maximum atomic E-state index is 5.87. The minimum atomic E-state index is 0.313. The molecule has 1 heterocycles. The molecule has 0 aromatic carbocycles. The van der Waals surface area contributed by atoms with Gasteiger partial charge in [0.1, 0.15) is 0 Å². The van der Waals surface area contributed by atoms with E-state index in [1.165, 1.54) is 6.42 Å². The summed E-state index contributed by atoms with van der Waals surface area (Å²) in [6.45, 7) is 14.5. The minimum absolute atomic E-state index is 0.313. The molecular weight excluding hydrogens is 174 g/mol. The van der Waals surface area contributed by atoms with Crippen LogP contribution in [-0.4, -0.2) is 36.7 Å². The molecule has 1 fully saturated rings. The molecule has 0 spiro atoms. The largest absolute Gasteiger partial charge is 0.375 e. The zero-order valence-electron chi connectivity index (χ0n) is 10.3. The van der Waals surface area contributed by atoms with Crippen molar-refractivity contribution in [3.63, 3.8) is 0 Å². The van der Waals surface area contributed by atoms with Gasteiger partial charge in [-0.2, -0.15) is 0 Å². The molecule has 1 atom stereocenters. The van der Waals surface area contributed by atoms with E-state index in [9.17, 15) is 0 Å². The smallest absolute Gasteiger partial charge is 0.0753 e. The van der Waals surface area contributed by atoms with Crippen molar-refractivity contribution >= 4 is 0 Å². The first-order valence-corrected chi connectivity index (χ1v) is 5.83. The van der Waals surface area contributed by atoms with Crippen molar-refractivity contribution in [2.45, 2.75) is 53.2 Å². The molecule has 1 saturated heterocycles. The molecule has 1 rings (SSSR count). The monoisotopic (exact) mass is 199 g/mol. The molecule has 14 heavy (non-hydrogen) atoms. The zero-order valence-corrected chi connectivity index (χ0v) is 10.3. The molecule has 0 bridgehead atoms. The summed E-state index contributed by atoms with van der Waals surface area (Å²) in [6, 6.07) is 0.647. The highest BCUT2D eigenvalue weighted by atomic mass is 16.5. The first-order chi connectivity index (χ1) is 6.47. The van der Waals surface area contributed by atoms with Crippen molar-refractivity contribution in [3.05, 3.63) is 0 Å². The third-order valence-electron chi connectivity index (χ3n) is 3.61. The summed E-state index contributed by atoms with van der Waals surface area (Å²) in [7, 11) is 0. The molecule has 2 nitrogen and oxygen atoms in total. The lowest BCUT2D eigenvalue weighted by Crippen LogP contribution is -2.50. The molecule has 1 aliphatic rings. The standard InChI is InChI=1S/C12H25NO/c1-6-12(4,5)11-9-13(10(2)3)7-8-14-11/h10-11H,6-9H2,1-5H3/t11-/m1/s1. The van der Waals surface area contributed by atoms with E-state index in [2.05, 4.69) is 39.5 Å². The van der Waals surface area contributed by atoms with Crippen molar-refractivity contribution in [1.82, 2.24) is 4.90 Å². The van der Waals surface area contributed by atoms with Gasteiger partial charge in [0.15, 0.2) is 0 Å². The van der Waals surface area contributed by atoms with Crippen LogP contribution in [0.15, 0.2) is 0 Å². The molecule has 0 amide bonds. The Hall–Kier alpha value is -0.0800. The second kappa shape index (κ2) is 4.63. The van der Waals surface area contributed by atoms with E-state index < -0.39 is 0 Å². The van der Waals surface area contributed by atoms with Gasteiger partial charge in [0.05, 0.1) is 12.7 Å². The predicted octanol–water partition coefficient (Wildman–Crippen LogP) is 2.53. The maximum Gasteiger partial charge on any atom is 0.0753 e. The van der Waals surface area contributed by atoms with Crippen LogP contribution in [0.1, 0.15) is 41.0 Å². The zero-order chi connectivity index (χ0) is 10.8. The Morgan fingerprint density at radius 3 is 2.57 bits per heavy atom. The highest BCUT2D eigenvalue weighted by Crippen LogP contribution is 2.29. The Kier molecular flexibility index (Phi) is 3.96. The molecule has 0 aromatic heterocycles. The number of hydrogen-bond donors (Lipinski definition) is 0. The first kappa shape index (κ1) is 12.0. The van der Waals surface area contributed by atoms with Gasteiger partial charge in [-0.1, -0.05) is 20.8 Å². The van der Waals surface area contributed by atoms with Gasteiger partial charge < -0.3 is 4.74 Å². The van der Waals surface area contributed by atoms with Gasteiger partial charge in [-0.3, -0.25) is 4.90 Å². The summed E-state index contributed by atoms with van der Waals surface area (Å²) in [4.78, 5) is 2.52. The number of morpholine rings is 1. The number of nitrogens with zero attached hydrogens (tertiary/aromatic N) is 1. The summed E-state index contributed by atoms with van der Waals surface area (Å²) in [5.74, 6) is 0. The molecular formula is C12H25NO. The van der Waals surface area contributed by atoms with Gasteiger partial charge in [-0.05, 0) is 25.7 Å². The fraction of sp³-hybridized carbons (Fsp3) is 1.00. The lowest BCUT2D eigenvalue weighted by molar-refractivity contribution is -0.0930. The summed E-state index contributed by atoms with van der Waals surface area (Å²) in [6.07, 6.45) is 1.59. The molecule has 0 unspecified atom stereocenters. The normalized spacial score (nSPS) is 25.7. The van der Waals surface area contributed by atoms with Crippen LogP contribution < -0.4 is 0 Å². The van der Waals surface area contributed by atoms with E-state index in [1.807, 2.05) is 0 Å². The average molecular weight is 199 g/mol. The van der Waals surface area contributed by atoms with Crippen LogP contribution in [0, 0.1) is 5.41 Å². The molecule has 2 heteroatoms. The van der Waals surface area contributed by atoms with Gasteiger partial charge in [0.25, 0.3) is 0 Å². The summed E-state index contributed by atoms with van der Waals surface area (Å²) >= 11 is 0. The second-order valence-electron chi connectivity index (χ2n) is 5.29. The fourth-order valence-corrected chi connectivity index (χ4v) is 1.84. The lowest BCUT2D eigenvalue weighted by atomic mass is 9.83. The van der Waals surface area contributed by atoms with E-state index in [-0.39, 0.29) is 0 Å². The highest BCUT2D eigenvalue weighted by Gasteiger charge is 2.33. The third-order valence-corrected chi connectivity index (χ3v) is 3.61. The van der Waals surface area contributed by atoms with Crippen LogP contribution >= 0.6 is 0 Å². The lowest BCUT2D eigenvalue weighted by Gasteiger charge is -2.42. The van der Waals surface area contributed by atoms with Crippen LogP contribution in [0.5, 0.6) is 0 Å². The Balaban J connectivity index is 2.56. The van der Waals surface area contributed by atoms with Crippen molar-refractivity contribution in [2.75, 3.05) is 19.7 Å². The van der Waals surface area contributed by atoms with E-state index in [0.29, 0.717) is 17.6 Å². The predicted molar refractivity (Wildman–Crippen MR) is 60.5 cm³/mol. The molecule has 0 aliphatic carbocycles. The number of hydrogen-bond acceptors (Lipinski definition) is 2. The van der Waals surface area contributed by atoms with E-state index in [1.54, 1.807) is 0 Å². The quantitative estimate of drug-likeness (QED) is 0.692. The van der Waals surface area contributed by atoms with Crippen LogP contribution in [0.2, 0.25) is 0 Å². The Morgan fingerprint density at radius 2 is 2.07 bits per heavy atom. The van der Waals surface area contributed by atoms with Crippen molar-refractivity contribution in [3.8, 4) is 0 Å². The van der Waals surface area contributed by atoms with Gasteiger partial charge in [0, 0.05) is 19.1 Å². The van der Waals surface area contributed by atoms with Crippen molar-refractivity contribution in [1.29, 1.82) is 0 Å². The van der Waals surface area contributed by atoms with Gasteiger partial charge in [-0.25, -0.2) is 0 Å². The summed E-state index contributed by atoms with van der Waals surface area (Å²) in [5.41, 5.74) is 0.313. The minimum Gasteiger partial charge on any atom is -0.375 e. The molecule has 1 aliphatic heterocycles. The Morgan fingerprint density at radius 1 is 1.43 bits per heavy atom. The molecule has 84 valence electrons. The van der Waals surface area contributed by atoms with Gasteiger partial charge in [-0.15, -0.1) is 0 Å². The van der Waals surface area contributed by atoms with Crippen LogP contribution in [0.4, 0.5) is 0 Å². The van der Waals surface area contributed by atoms with Crippen molar-refractivity contribution in [2.24, 2.45) is 5.41 Å². The number of ether oxygens (including phenoxy) is 1. The van der Waals surface area contributed by atoms with Crippen LogP contribution in [0.3, 0.4) is 0 Å². The maximum absolute atomic E-state index is 5.87. The Bertz CT molecular complexity index is 177. The van der Waals surface area contributed by atoms with E-state index >= 15 is 0 Å². The van der Waals surface area contributed by atoms with Gasteiger partial charge >= 0.3 is 0 Å². The molecule has 0 N–H and O–H groups in total. The van der Waals surface area contributed by atoms with Crippen LogP contribution in [-0.2, 0) is 4.74 Å². The highest BCUT2D eigenvalue weighted by molar-refractivity contribution is 4.84. The van der Waals surface area contributed by atoms with E-state index in [4.69, 9.17) is 4.74 Å². The molecule has 0 aromatic rings. The SMILES string of the molecule is CCC(C)(C)[C@H]1CN(C(C)C)CCO1. The number of rotatable bonds is 3. The second-order valence-corrected chi connectivity index (χ2v) is 5.29. The third kappa shape index (κ3) is 2.71. The molecule has 0 saturated carbocycles. The fourth-order valence-electron chi connectivity index (χ4n) is 1.84. The average Bonchev–Trinajstić information content (AvgIpc) is 2.18.